The minimum absolute atomic E-state index is 0.169. The van der Waals surface area contributed by atoms with Crippen LogP contribution in [-0.2, 0) is 19.1 Å². The zero-order chi connectivity index (χ0) is 29.5. The molecule has 0 saturated carbocycles. The van der Waals surface area contributed by atoms with E-state index in [9.17, 15) is 14.4 Å². The van der Waals surface area contributed by atoms with E-state index in [0.29, 0.717) is 50.0 Å². The van der Waals surface area contributed by atoms with E-state index in [1.54, 1.807) is 76.4 Å². The van der Waals surface area contributed by atoms with Gasteiger partial charge >= 0.3 is 11.9 Å². The van der Waals surface area contributed by atoms with E-state index in [1.165, 1.54) is 15.9 Å². The Balaban J connectivity index is 1.87. The normalized spacial score (nSPS) is 14.7. The van der Waals surface area contributed by atoms with Gasteiger partial charge in [-0.3, -0.25) is 9.36 Å². The van der Waals surface area contributed by atoms with Gasteiger partial charge in [-0.25, -0.2) is 14.6 Å². The van der Waals surface area contributed by atoms with Gasteiger partial charge in [0.15, 0.2) is 22.9 Å². The number of benzene rings is 2. The summed E-state index contributed by atoms with van der Waals surface area (Å²) in [7, 11) is 1.54. The number of thiazole rings is 1. The highest BCUT2D eigenvalue weighted by molar-refractivity contribution is 7.07. The summed E-state index contributed by atoms with van der Waals surface area (Å²) in [5, 5.41) is 0. The molecule has 10 nitrogen and oxygen atoms in total. The monoisotopic (exact) mass is 580 g/mol. The van der Waals surface area contributed by atoms with Gasteiger partial charge in [0, 0.05) is 5.56 Å². The zero-order valence-electron chi connectivity index (χ0n) is 23.6. The molecule has 0 amide bonds. The van der Waals surface area contributed by atoms with Crippen molar-refractivity contribution in [1.29, 1.82) is 0 Å². The maximum Gasteiger partial charge on any atom is 0.344 e. The summed E-state index contributed by atoms with van der Waals surface area (Å²) >= 11 is 1.19. The van der Waals surface area contributed by atoms with Gasteiger partial charge in [0.25, 0.3) is 5.56 Å². The number of aromatic nitrogens is 1. The Bertz CT molecular complexity index is 1650. The molecule has 1 aromatic heterocycles. The highest BCUT2D eigenvalue weighted by Crippen LogP contribution is 2.36. The van der Waals surface area contributed by atoms with Crippen molar-refractivity contribution in [3.8, 4) is 17.2 Å². The van der Waals surface area contributed by atoms with Crippen molar-refractivity contribution in [3.05, 3.63) is 84.5 Å². The number of fused-ring (bicyclic) bond motifs is 1. The Morgan fingerprint density at radius 2 is 1.73 bits per heavy atom. The molecular formula is C30H32N2O8S. The van der Waals surface area contributed by atoms with Crippen LogP contribution in [0, 0.1) is 0 Å². The minimum atomic E-state index is -0.812. The summed E-state index contributed by atoms with van der Waals surface area (Å²) in [6.45, 7) is 7.58. The fourth-order valence-electron chi connectivity index (χ4n) is 4.45. The first-order chi connectivity index (χ1) is 19.8. The smallest absolute Gasteiger partial charge is 0.344 e. The summed E-state index contributed by atoms with van der Waals surface area (Å²) in [6.07, 6.45) is 1.68. The second kappa shape index (κ2) is 13.3. The maximum atomic E-state index is 14.0. The Morgan fingerprint density at radius 1 is 0.976 bits per heavy atom. The molecule has 41 heavy (non-hydrogen) atoms. The molecule has 1 aliphatic heterocycles. The van der Waals surface area contributed by atoms with Gasteiger partial charge in [0.05, 0.1) is 48.8 Å². The van der Waals surface area contributed by atoms with Gasteiger partial charge in [-0.05, 0) is 57.5 Å². The molecule has 1 aliphatic rings. The number of nitrogens with zero attached hydrogens (tertiary/aromatic N) is 2. The van der Waals surface area contributed by atoms with Crippen molar-refractivity contribution >= 4 is 29.4 Å². The average Bonchev–Trinajstić information content (AvgIpc) is 3.26. The predicted octanol–water partition coefficient (Wildman–Crippen LogP) is 3.15. The molecular weight excluding hydrogens is 548 g/mol. The van der Waals surface area contributed by atoms with Crippen molar-refractivity contribution in [2.24, 2.45) is 4.99 Å². The van der Waals surface area contributed by atoms with Gasteiger partial charge in [-0.15, -0.1) is 0 Å². The number of carbonyl (C=O) groups excluding carboxylic acids is 2. The lowest BCUT2D eigenvalue weighted by Gasteiger charge is -2.25. The number of hydrogen-bond acceptors (Lipinski definition) is 10. The van der Waals surface area contributed by atoms with Gasteiger partial charge in [-0.1, -0.05) is 35.6 Å². The van der Waals surface area contributed by atoms with Gasteiger partial charge in [0.2, 0.25) is 0 Å². The number of para-hydroxylation sites is 1. The van der Waals surface area contributed by atoms with Crippen molar-refractivity contribution in [2.75, 3.05) is 33.5 Å². The number of ether oxygens (including phenoxy) is 5. The third-order valence-corrected chi connectivity index (χ3v) is 7.16. The first kappa shape index (κ1) is 29.6. The fourth-order valence-corrected chi connectivity index (χ4v) is 5.49. The van der Waals surface area contributed by atoms with Crippen LogP contribution in [0.2, 0.25) is 0 Å². The van der Waals surface area contributed by atoms with Crippen molar-refractivity contribution in [3.63, 3.8) is 0 Å². The largest absolute Gasteiger partial charge is 0.493 e. The molecule has 216 valence electrons. The van der Waals surface area contributed by atoms with Crippen molar-refractivity contribution in [2.45, 2.75) is 33.7 Å². The van der Waals surface area contributed by atoms with Crippen LogP contribution in [-0.4, -0.2) is 50.0 Å². The number of allylic oxidation sites excluding steroid dienone is 1. The molecule has 0 radical (unpaired) electrons. The van der Waals surface area contributed by atoms with Gasteiger partial charge in [0.1, 0.15) is 5.75 Å². The molecule has 2 heterocycles. The van der Waals surface area contributed by atoms with Crippen LogP contribution in [0.5, 0.6) is 17.2 Å². The maximum absolute atomic E-state index is 14.0. The molecule has 0 aliphatic carbocycles. The van der Waals surface area contributed by atoms with E-state index in [2.05, 4.69) is 4.99 Å². The predicted molar refractivity (Wildman–Crippen MR) is 153 cm³/mol. The van der Waals surface area contributed by atoms with E-state index < -0.39 is 18.0 Å². The first-order valence-corrected chi connectivity index (χ1v) is 14.0. The van der Waals surface area contributed by atoms with Crippen molar-refractivity contribution in [1.82, 2.24) is 4.57 Å². The number of methoxy groups -OCH3 is 1. The quantitative estimate of drug-likeness (QED) is 0.318. The van der Waals surface area contributed by atoms with E-state index in [4.69, 9.17) is 23.7 Å². The number of hydrogen-bond donors (Lipinski definition) is 0. The number of esters is 2. The highest BCUT2D eigenvalue weighted by atomic mass is 32.1. The molecule has 3 aromatic rings. The van der Waals surface area contributed by atoms with Crippen LogP contribution in [0.1, 0.15) is 44.9 Å². The van der Waals surface area contributed by atoms with Crippen LogP contribution in [0.3, 0.4) is 0 Å². The van der Waals surface area contributed by atoms with Gasteiger partial charge in [-0.2, -0.15) is 0 Å². The van der Waals surface area contributed by atoms with Crippen LogP contribution in [0.4, 0.5) is 0 Å². The van der Waals surface area contributed by atoms with Crippen molar-refractivity contribution < 1.29 is 33.3 Å². The SMILES string of the molecule is CCOC(=O)COc1ccccc1/C=c1\sc2n(c1=O)[C@@H](c1ccc(OC)c(OCC)c1)C(C(=O)OCC)=C(C)N=2. The summed E-state index contributed by atoms with van der Waals surface area (Å²) < 4.78 is 29.1. The molecule has 0 bridgehead atoms. The topological polar surface area (TPSA) is 115 Å². The molecule has 2 aromatic carbocycles. The van der Waals surface area contributed by atoms with Crippen LogP contribution < -0.4 is 29.1 Å². The third kappa shape index (κ3) is 6.35. The molecule has 1 atom stereocenters. The lowest BCUT2D eigenvalue weighted by molar-refractivity contribution is -0.145. The lowest BCUT2D eigenvalue weighted by atomic mass is 9.95. The van der Waals surface area contributed by atoms with E-state index >= 15 is 0 Å². The number of rotatable bonds is 11. The molecule has 4 rings (SSSR count). The third-order valence-electron chi connectivity index (χ3n) is 6.18. The fraction of sp³-hybridized carbons (Fsp3) is 0.333. The second-order valence-electron chi connectivity index (χ2n) is 8.78. The lowest BCUT2D eigenvalue weighted by Crippen LogP contribution is -2.40. The summed E-state index contributed by atoms with van der Waals surface area (Å²) in [5.41, 5.74) is 1.60. The van der Waals surface area contributed by atoms with Gasteiger partial charge < -0.3 is 23.7 Å². The van der Waals surface area contributed by atoms with E-state index in [0.717, 1.165) is 0 Å². The standard InChI is InChI=1S/C30H32N2O8S/c1-6-37-23-15-20(13-14-22(23)36-5)27-26(29(35)39-8-3)18(4)31-30-32(27)28(34)24(41-30)16-19-11-9-10-12-21(19)40-17-25(33)38-7-2/h9-16,27H,6-8,17H2,1-5H3/b24-16-/t27-/m0/s1. The van der Waals surface area contributed by atoms with Crippen LogP contribution >= 0.6 is 11.3 Å². The summed E-state index contributed by atoms with van der Waals surface area (Å²) in [4.78, 5) is 44.0. The summed E-state index contributed by atoms with van der Waals surface area (Å²) in [5.74, 6) is 0.387. The highest BCUT2D eigenvalue weighted by Gasteiger charge is 2.34. The Hall–Kier alpha value is -4.38. The second-order valence-corrected chi connectivity index (χ2v) is 9.79. The molecule has 0 fully saturated rings. The minimum Gasteiger partial charge on any atom is -0.493 e. The van der Waals surface area contributed by atoms with Crippen LogP contribution in [0.15, 0.2) is 63.5 Å². The number of carbonyl (C=O) groups is 2. The Labute approximate surface area is 241 Å². The van der Waals surface area contributed by atoms with E-state index in [1.807, 2.05) is 6.92 Å². The molecule has 0 saturated heterocycles. The molecule has 0 spiro atoms. The van der Waals surface area contributed by atoms with Crippen LogP contribution in [0.25, 0.3) is 6.08 Å². The Morgan fingerprint density at radius 3 is 2.44 bits per heavy atom. The zero-order valence-corrected chi connectivity index (χ0v) is 24.4. The summed E-state index contributed by atoms with van der Waals surface area (Å²) in [6, 6.07) is 11.6. The van der Waals surface area contributed by atoms with E-state index in [-0.39, 0.29) is 31.0 Å². The Kier molecular flexibility index (Phi) is 9.61. The average molecular weight is 581 g/mol. The molecule has 0 N–H and O–H groups in total. The molecule has 0 unspecified atom stereocenters. The first-order valence-electron chi connectivity index (χ1n) is 13.2. The molecule has 11 heteroatoms.